The van der Waals surface area contributed by atoms with Crippen molar-refractivity contribution in [1.29, 1.82) is 5.26 Å². The molecular formula is C9H7BrN2O2. The van der Waals surface area contributed by atoms with Crippen molar-refractivity contribution < 1.29 is 9.90 Å². The first-order chi connectivity index (χ1) is 6.63. The van der Waals surface area contributed by atoms with Crippen LogP contribution in [0.1, 0.15) is 5.56 Å². The number of benzene rings is 1. The number of carboxylic acids is 1. The van der Waals surface area contributed by atoms with E-state index in [1.807, 2.05) is 6.07 Å². The second-order valence-corrected chi connectivity index (χ2v) is 3.41. The molecule has 4 nitrogen and oxygen atoms in total. The zero-order valence-electron chi connectivity index (χ0n) is 7.12. The maximum atomic E-state index is 10.3. The average molecular weight is 255 g/mol. The van der Waals surface area contributed by atoms with Crippen molar-refractivity contribution in [1.82, 2.24) is 0 Å². The summed E-state index contributed by atoms with van der Waals surface area (Å²) in [5.41, 5.74) is 1.18. The van der Waals surface area contributed by atoms with Crippen LogP contribution in [0, 0.1) is 11.3 Å². The van der Waals surface area contributed by atoms with Crippen LogP contribution in [-0.4, -0.2) is 17.6 Å². The van der Waals surface area contributed by atoms with E-state index in [-0.39, 0.29) is 6.54 Å². The maximum absolute atomic E-state index is 10.3. The number of aliphatic carboxylic acids is 1. The summed E-state index contributed by atoms with van der Waals surface area (Å²) in [6.07, 6.45) is 0. The number of nitrogens with one attached hydrogen (secondary N) is 1. The zero-order valence-corrected chi connectivity index (χ0v) is 8.71. The minimum atomic E-state index is -0.929. The molecule has 0 unspecified atom stereocenters. The van der Waals surface area contributed by atoms with Crippen LogP contribution in [-0.2, 0) is 4.79 Å². The highest BCUT2D eigenvalue weighted by atomic mass is 79.9. The van der Waals surface area contributed by atoms with E-state index >= 15 is 0 Å². The first kappa shape index (κ1) is 10.5. The van der Waals surface area contributed by atoms with Gasteiger partial charge in [-0.15, -0.1) is 0 Å². The highest BCUT2D eigenvalue weighted by Gasteiger charge is 2.02. The molecule has 2 N–H and O–H groups in total. The van der Waals surface area contributed by atoms with Crippen molar-refractivity contribution in [3.63, 3.8) is 0 Å². The van der Waals surface area contributed by atoms with Gasteiger partial charge in [-0.05, 0) is 34.1 Å². The van der Waals surface area contributed by atoms with E-state index in [9.17, 15) is 4.79 Å². The molecule has 0 radical (unpaired) electrons. The van der Waals surface area contributed by atoms with Crippen molar-refractivity contribution in [3.8, 4) is 6.07 Å². The van der Waals surface area contributed by atoms with Crippen molar-refractivity contribution >= 4 is 27.6 Å². The smallest absolute Gasteiger partial charge is 0.322 e. The summed E-state index contributed by atoms with van der Waals surface area (Å²) in [6, 6.07) is 6.89. The molecule has 1 aromatic carbocycles. The second kappa shape index (κ2) is 4.63. The summed E-state index contributed by atoms with van der Waals surface area (Å²) < 4.78 is 0.679. The minimum absolute atomic E-state index is 0.148. The molecule has 0 fully saturated rings. The molecule has 0 spiro atoms. The van der Waals surface area contributed by atoms with Crippen LogP contribution in [0.15, 0.2) is 22.7 Å². The molecule has 0 amide bonds. The van der Waals surface area contributed by atoms with Gasteiger partial charge in [0.15, 0.2) is 0 Å². The summed E-state index contributed by atoms with van der Waals surface area (Å²) in [5.74, 6) is -0.929. The molecular weight excluding hydrogens is 248 g/mol. The molecule has 72 valence electrons. The third-order valence-corrected chi connectivity index (χ3v) is 2.18. The lowest BCUT2D eigenvalue weighted by Gasteiger charge is -2.05. The van der Waals surface area contributed by atoms with Gasteiger partial charge < -0.3 is 10.4 Å². The first-order valence-corrected chi connectivity index (χ1v) is 4.58. The van der Waals surface area contributed by atoms with Crippen LogP contribution in [0.3, 0.4) is 0 Å². The largest absolute Gasteiger partial charge is 0.480 e. The molecule has 1 rings (SSSR count). The Bertz CT molecular complexity index is 398. The zero-order chi connectivity index (χ0) is 10.6. The van der Waals surface area contributed by atoms with E-state index in [2.05, 4.69) is 21.2 Å². The normalized spacial score (nSPS) is 9.14. The molecule has 0 aromatic heterocycles. The fourth-order valence-corrected chi connectivity index (χ4v) is 1.42. The van der Waals surface area contributed by atoms with Gasteiger partial charge in [0.2, 0.25) is 0 Å². The summed E-state index contributed by atoms with van der Waals surface area (Å²) in [6.45, 7) is -0.148. The number of hydrogen-bond donors (Lipinski definition) is 2. The van der Waals surface area contributed by atoms with Gasteiger partial charge in [0.05, 0.1) is 11.6 Å². The number of hydrogen-bond acceptors (Lipinski definition) is 3. The lowest BCUT2D eigenvalue weighted by atomic mass is 10.2. The third-order valence-electron chi connectivity index (χ3n) is 1.53. The fraction of sp³-hybridized carbons (Fsp3) is 0.111. The summed E-state index contributed by atoms with van der Waals surface area (Å²) >= 11 is 3.23. The summed E-state index contributed by atoms with van der Waals surface area (Å²) in [4.78, 5) is 10.3. The molecule has 0 aliphatic heterocycles. The van der Waals surface area contributed by atoms with E-state index in [0.29, 0.717) is 15.7 Å². The second-order valence-electron chi connectivity index (χ2n) is 2.55. The molecule has 5 heteroatoms. The van der Waals surface area contributed by atoms with Crippen molar-refractivity contribution in [2.45, 2.75) is 0 Å². The molecule has 0 heterocycles. The standard InChI is InChI=1S/C9H7BrN2O2/c10-7-3-6(4-11)1-2-8(7)12-5-9(13)14/h1-3,12H,5H2,(H,13,14). The van der Waals surface area contributed by atoms with Crippen molar-refractivity contribution in [2.75, 3.05) is 11.9 Å². The SMILES string of the molecule is N#Cc1ccc(NCC(=O)O)c(Br)c1. The van der Waals surface area contributed by atoms with Gasteiger partial charge in [0.25, 0.3) is 0 Å². The Labute approximate surface area is 89.3 Å². The number of rotatable bonds is 3. The van der Waals surface area contributed by atoms with Crippen LogP contribution in [0.25, 0.3) is 0 Å². The lowest BCUT2D eigenvalue weighted by molar-refractivity contribution is -0.134. The van der Waals surface area contributed by atoms with Crippen LogP contribution in [0.2, 0.25) is 0 Å². The van der Waals surface area contributed by atoms with Gasteiger partial charge in [0, 0.05) is 10.2 Å². The number of carboxylic acid groups (broad SMARTS) is 1. The molecule has 0 aliphatic rings. The fourth-order valence-electron chi connectivity index (χ4n) is 0.899. The van der Waals surface area contributed by atoms with E-state index in [1.165, 1.54) is 0 Å². The molecule has 1 aromatic rings. The molecule has 0 atom stereocenters. The Balaban J connectivity index is 2.80. The molecule has 14 heavy (non-hydrogen) atoms. The number of halogens is 1. The van der Waals surface area contributed by atoms with Crippen LogP contribution >= 0.6 is 15.9 Å². The Kier molecular flexibility index (Phi) is 3.48. The lowest BCUT2D eigenvalue weighted by Crippen LogP contribution is -2.12. The van der Waals surface area contributed by atoms with E-state index in [4.69, 9.17) is 10.4 Å². The highest BCUT2D eigenvalue weighted by molar-refractivity contribution is 9.10. The Morgan fingerprint density at radius 2 is 2.36 bits per heavy atom. The summed E-state index contributed by atoms with van der Waals surface area (Å²) in [7, 11) is 0. The van der Waals surface area contributed by atoms with Crippen LogP contribution < -0.4 is 5.32 Å². The highest BCUT2D eigenvalue weighted by Crippen LogP contribution is 2.22. The third kappa shape index (κ3) is 2.75. The Hall–Kier alpha value is -1.54. The topological polar surface area (TPSA) is 73.1 Å². The maximum Gasteiger partial charge on any atom is 0.322 e. The van der Waals surface area contributed by atoms with Gasteiger partial charge in [0.1, 0.15) is 6.54 Å². The number of anilines is 1. The van der Waals surface area contributed by atoms with Crippen LogP contribution in [0.4, 0.5) is 5.69 Å². The van der Waals surface area contributed by atoms with E-state index in [1.54, 1.807) is 18.2 Å². The number of carbonyl (C=O) groups is 1. The molecule has 0 aliphatic carbocycles. The monoisotopic (exact) mass is 254 g/mol. The van der Waals surface area contributed by atoms with Gasteiger partial charge in [-0.2, -0.15) is 5.26 Å². The minimum Gasteiger partial charge on any atom is -0.480 e. The van der Waals surface area contributed by atoms with Crippen molar-refractivity contribution in [2.24, 2.45) is 0 Å². The number of nitrogens with zero attached hydrogens (tertiary/aromatic N) is 1. The predicted molar refractivity (Wildman–Crippen MR) is 55.0 cm³/mol. The molecule has 0 saturated heterocycles. The Morgan fingerprint density at radius 3 is 2.86 bits per heavy atom. The van der Waals surface area contributed by atoms with Gasteiger partial charge in [-0.25, -0.2) is 0 Å². The summed E-state index contributed by atoms with van der Waals surface area (Å²) in [5, 5.41) is 19.7. The van der Waals surface area contributed by atoms with Crippen LogP contribution in [0.5, 0.6) is 0 Å². The molecule has 0 saturated carbocycles. The quantitative estimate of drug-likeness (QED) is 0.863. The van der Waals surface area contributed by atoms with Gasteiger partial charge in [-0.1, -0.05) is 0 Å². The van der Waals surface area contributed by atoms with Crippen molar-refractivity contribution in [3.05, 3.63) is 28.2 Å². The van der Waals surface area contributed by atoms with E-state index < -0.39 is 5.97 Å². The average Bonchev–Trinajstić information content (AvgIpc) is 2.15. The Morgan fingerprint density at radius 1 is 1.64 bits per heavy atom. The number of nitriles is 1. The molecule has 0 bridgehead atoms. The van der Waals surface area contributed by atoms with Gasteiger partial charge >= 0.3 is 5.97 Å². The predicted octanol–water partition coefficient (Wildman–Crippen LogP) is 1.82. The first-order valence-electron chi connectivity index (χ1n) is 3.79. The van der Waals surface area contributed by atoms with Gasteiger partial charge in [-0.3, -0.25) is 4.79 Å². The van der Waals surface area contributed by atoms with E-state index in [0.717, 1.165) is 0 Å².